The van der Waals surface area contributed by atoms with E-state index in [0.717, 1.165) is 11.0 Å². The Morgan fingerprint density at radius 1 is 1.18 bits per heavy atom. The van der Waals surface area contributed by atoms with E-state index in [1.165, 1.54) is 11.1 Å². The minimum Gasteiger partial charge on any atom is -0.481 e. The Morgan fingerprint density at radius 2 is 1.88 bits per heavy atom. The molecule has 0 N–H and O–H groups in total. The van der Waals surface area contributed by atoms with Gasteiger partial charge in [0.05, 0.1) is 18.1 Å². The van der Waals surface area contributed by atoms with Gasteiger partial charge in [-0.2, -0.15) is 0 Å². The number of nitrogens with zero attached hydrogens (tertiary/aromatic N) is 2. The maximum Gasteiger partial charge on any atom is 0.213 e. The standard InChI is InChI=1S/C14H18N2O/c1-9-8-15-10-6-7-11(17-5)16-13(10)12(9)14(2,3)4/h6-8H,1-5H3. The fraction of sp³-hybridized carbons (Fsp3) is 0.429. The van der Waals surface area contributed by atoms with E-state index in [-0.39, 0.29) is 5.41 Å². The predicted octanol–water partition coefficient (Wildman–Crippen LogP) is 3.24. The van der Waals surface area contributed by atoms with Crippen molar-refractivity contribution in [1.82, 2.24) is 9.97 Å². The van der Waals surface area contributed by atoms with Crippen molar-refractivity contribution in [3.05, 3.63) is 29.5 Å². The molecule has 0 aliphatic carbocycles. The van der Waals surface area contributed by atoms with Crippen molar-refractivity contribution in [1.29, 1.82) is 0 Å². The molecule has 0 amide bonds. The second-order valence-corrected chi connectivity index (χ2v) is 5.29. The summed E-state index contributed by atoms with van der Waals surface area (Å²) in [6.45, 7) is 8.65. The highest BCUT2D eigenvalue weighted by molar-refractivity contribution is 5.80. The highest BCUT2D eigenvalue weighted by Crippen LogP contribution is 2.31. The molecule has 2 aromatic rings. The molecular formula is C14H18N2O. The number of ether oxygens (including phenoxy) is 1. The fourth-order valence-electron chi connectivity index (χ4n) is 2.20. The van der Waals surface area contributed by atoms with Gasteiger partial charge in [0.15, 0.2) is 0 Å². The van der Waals surface area contributed by atoms with E-state index in [0.29, 0.717) is 5.88 Å². The Morgan fingerprint density at radius 3 is 2.47 bits per heavy atom. The Bertz CT molecular complexity index is 556. The van der Waals surface area contributed by atoms with Crippen molar-refractivity contribution in [2.75, 3.05) is 7.11 Å². The molecule has 0 saturated carbocycles. The summed E-state index contributed by atoms with van der Waals surface area (Å²) in [5.41, 5.74) is 4.32. The highest BCUT2D eigenvalue weighted by atomic mass is 16.5. The summed E-state index contributed by atoms with van der Waals surface area (Å²) >= 11 is 0. The first-order chi connectivity index (χ1) is 7.93. The molecule has 90 valence electrons. The molecule has 0 atom stereocenters. The maximum absolute atomic E-state index is 5.19. The number of hydrogen-bond acceptors (Lipinski definition) is 3. The van der Waals surface area contributed by atoms with E-state index >= 15 is 0 Å². The second kappa shape index (κ2) is 3.99. The van der Waals surface area contributed by atoms with Gasteiger partial charge in [-0.1, -0.05) is 20.8 Å². The molecule has 0 radical (unpaired) electrons. The number of hydrogen-bond donors (Lipinski definition) is 0. The van der Waals surface area contributed by atoms with Crippen LogP contribution in [0.25, 0.3) is 11.0 Å². The van der Waals surface area contributed by atoms with Gasteiger partial charge in [-0.15, -0.1) is 0 Å². The van der Waals surface area contributed by atoms with Crippen molar-refractivity contribution in [2.45, 2.75) is 33.1 Å². The highest BCUT2D eigenvalue weighted by Gasteiger charge is 2.21. The molecule has 17 heavy (non-hydrogen) atoms. The number of rotatable bonds is 1. The van der Waals surface area contributed by atoms with Crippen LogP contribution in [0.15, 0.2) is 18.3 Å². The molecule has 0 aromatic carbocycles. The average Bonchev–Trinajstić information content (AvgIpc) is 2.26. The first-order valence-corrected chi connectivity index (χ1v) is 5.74. The zero-order valence-corrected chi connectivity index (χ0v) is 11.0. The first-order valence-electron chi connectivity index (χ1n) is 5.74. The normalized spacial score (nSPS) is 11.8. The maximum atomic E-state index is 5.19. The molecule has 0 aliphatic rings. The summed E-state index contributed by atoms with van der Waals surface area (Å²) < 4.78 is 5.19. The first kappa shape index (κ1) is 11.8. The van der Waals surface area contributed by atoms with Crippen LogP contribution in [0.2, 0.25) is 0 Å². The summed E-state index contributed by atoms with van der Waals surface area (Å²) in [5.74, 6) is 0.635. The summed E-state index contributed by atoms with van der Waals surface area (Å²) in [6.07, 6.45) is 1.91. The molecule has 0 saturated heterocycles. The largest absolute Gasteiger partial charge is 0.481 e. The zero-order chi connectivity index (χ0) is 12.6. The van der Waals surface area contributed by atoms with Gasteiger partial charge >= 0.3 is 0 Å². The lowest BCUT2D eigenvalue weighted by atomic mass is 9.84. The molecule has 0 unspecified atom stereocenters. The van der Waals surface area contributed by atoms with Gasteiger partial charge in [0.2, 0.25) is 5.88 Å². The van der Waals surface area contributed by atoms with E-state index in [1.807, 2.05) is 18.3 Å². The van der Waals surface area contributed by atoms with Crippen LogP contribution in [-0.2, 0) is 5.41 Å². The van der Waals surface area contributed by atoms with Crippen LogP contribution < -0.4 is 4.74 Å². The zero-order valence-electron chi connectivity index (χ0n) is 11.0. The molecule has 2 heterocycles. The monoisotopic (exact) mass is 230 g/mol. The third-order valence-electron chi connectivity index (χ3n) is 2.84. The van der Waals surface area contributed by atoms with E-state index < -0.39 is 0 Å². The van der Waals surface area contributed by atoms with E-state index in [1.54, 1.807) is 7.11 Å². The lowest BCUT2D eigenvalue weighted by Gasteiger charge is -2.22. The summed E-state index contributed by atoms with van der Waals surface area (Å²) in [5, 5.41) is 0. The van der Waals surface area contributed by atoms with Gasteiger partial charge in [-0.05, 0) is 29.5 Å². The molecule has 2 rings (SSSR count). The molecule has 0 spiro atoms. The fourth-order valence-corrected chi connectivity index (χ4v) is 2.20. The van der Waals surface area contributed by atoms with Gasteiger partial charge in [-0.3, -0.25) is 4.98 Å². The van der Waals surface area contributed by atoms with Crippen molar-refractivity contribution < 1.29 is 4.74 Å². The molecule has 0 bridgehead atoms. The molecule has 3 nitrogen and oxygen atoms in total. The SMILES string of the molecule is COc1ccc2ncc(C)c(C(C)(C)C)c2n1. The molecule has 0 fully saturated rings. The van der Waals surface area contributed by atoms with Crippen LogP contribution in [0.5, 0.6) is 5.88 Å². The topological polar surface area (TPSA) is 35.0 Å². The van der Waals surface area contributed by atoms with Gasteiger partial charge in [0.25, 0.3) is 0 Å². The Balaban J connectivity index is 2.83. The van der Waals surface area contributed by atoms with Crippen LogP contribution in [0.4, 0.5) is 0 Å². The lowest BCUT2D eigenvalue weighted by Crippen LogP contribution is -2.15. The number of aromatic nitrogens is 2. The van der Waals surface area contributed by atoms with Crippen LogP contribution >= 0.6 is 0 Å². The van der Waals surface area contributed by atoms with Gasteiger partial charge in [0.1, 0.15) is 0 Å². The minimum atomic E-state index is 0.0463. The van der Waals surface area contributed by atoms with E-state index in [2.05, 4.69) is 37.7 Å². The van der Waals surface area contributed by atoms with Crippen LogP contribution in [0.1, 0.15) is 31.9 Å². The lowest BCUT2D eigenvalue weighted by molar-refractivity contribution is 0.399. The summed E-state index contributed by atoms with van der Waals surface area (Å²) in [4.78, 5) is 8.95. The summed E-state index contributed by atoms with van der Waals surface area (Å²) in [7, 11) is 1.63. The predicted molar refractivity (Wildman–Crippen MR) is 69.5 cm³/mol. The second-order valence-electron chi connectivity index (χ2n) is 5.29. The van der Waals surface area contributed by atoms with Crippen LogP contribution in [-0.4, -0.2) is 17.1 Å². The van der Waals surface area contributed by atoms with Gasteiger partial charge in [0, 0.05) is 12.3 Å². The van der Waals surface area contributed by atoms with Gasteiger partial charge in [-0.25, -0.2) is 4.98 Å². The molecular weight excluding hydrogens is 212 g/mol. The Hall–Kier alpha value is -1.64. The molecule has 2 aromatic heterocycles. The molecule has 0 aliphatic heterocycles. The van der Waals surface area contributed by atoms with Crippen LogP contribution in [0, 0.1) is 6.92 Å². The van der Waals surface area contributed by atoms with Crippen molar-refractivity contribution in [2.24, 2.45) is 0 Å². The van der Waals surface area contributed by atoms with Crippen molar-refractivity contribution in [3.8, 4) is 5.88 Å². The third-order valence-corrected chi connectivity index (χ3v) is 2.84. The van der Waals surface area contributed by atoms with Crippen LogP contribution in [0.3, 0.4) is 0 Å². The third kappa shape index (κ3) is 2.09. The Kier molecular flexibility index (Phi) is 2.77. The number of fused-ring (bicyclic) bond motifs is 1. The minimum absolute atomic E-state index is 0.0463. The van der Waals surface area contributed by atoms with Crippen molar-refractivity contribution >= 4 is 11.0 Å². The van der Waals surface area contributed by atoms with Crippen molar-refractivity contribution in [3.63, 3.8) is 0 Å². The quantitative estimate of drug-likeness (QED) is 0.754. The number of aryl methyl sites for hydroxylation is 1. The number of methoxy groups -OCH3 is 1. The molecule has 3 heteroatoms. The Labute approximate surface area is 102 Å². The number of pyridine rings is 2. The smallest absolute Gasteiger partial charge is 0.213 e. The van der Waals surface area contributed by atoms with Gasteiger partial charge < -0.3 is 4.74 Å². The average molecular weight is 230 g/mol. The van der Waals surface area contributed by atoms with E-state index in [9.17, 15) is 0 Å². The summed E-state index contributed by atoms with van der Waals surface area (Å²) in [6, 6.07) is 3.80. The van der Waals surface area contributed by atoms with E-state index in [4.69, 9.17) is 4.74 Å².